The molecule has 2 aromatic rings. The fourth-order valence-electron chi connectivity index (χ4n) is 1.81. The summed E-state index contributed by atoms with van der Waals surface area (Å²) in [5, 5.41) is 3.44. The van der Waals surface area contributed by atoms with Gasteiger partial charge in [-0.15, -0.1) is 0 Å². The highest BCUT2D eigenvalue weighted by Gasteiger charge is 2.09. The van der Waals surface area contributed by atoms with Gasteiger partial charge < -0.3 is 9.73 Å². The summed E-state index contributed by atoms with van der Waals surface area (Å²) in [4.78, 5) is 15.9. The number of aryl methyl sites for hydroxylation is 2. The first kappa shape index (κ1) is 13.6. The van der Waals surface area contributed by atoms with Crippen molar-refractivity contribution in [1.82, 2.24) is 10.3 Å². The lowest BCUT2D eigenvalue weighted by Crippen LogP contribution is -2.24. The zero-order valence-corrected chi connectivity index (χ0v) is 11.6. The number of nitrogens with zero attached hydrogens (tertiary/aromatic N) is 1. The molecule has 0 unspecified atom stereocenters. The minimum absolute atomic E-state index is 0.0734. The number of halogens is 1. The number of hydrogen-bond acceptors (Lipinski definition) is 3. The summed E-state index contributed by atoms with van der Waals surface area (Å²) in [7, 11) is 0. The molecule has 1 heterocycles. The lowest BCUT2D eigenvalue weighted by atomic mass is 10.1. The molecule has 0 radical (unpaired) electrons. The van der Waals surface area contributed by atoms with Crippen molar-refractivity contribution in [3.05, 3.63) is 52.2 Å². The number of benzene rings is 1. The molecule has 0 saturated carbocycles. The molecule has 0 atom stereocenters. The number of aromatic nitrogens is 1. The van der Waals surface area contributed by atoms with Gasteiger partial charge in [-0.2, -0.15) is 0 Å². The van der Waals surface area contributed by atoms with Crippen molar-refractivity contribution in [3.63, 3.8) is 0 Å². The Bertz CT molecular complexity index is 593. The minimum Gasteiger partial charge on any atom is -0.444 e. The highest BCUT2D eigenvalue weighted by molar-refractivity contribution is 6.30. The van der Waals surface area contributed by atoms with Crippen molar-refractivity contribution in [3.8, 4) is 0 Å². The Hall–Kier alpha value is -1.81. The third kappa shape index (κ3) is 3.83. The second-order valence-electron chi connectivity index (χ2n) is 4.32. The zero-order chi connectivity index (χ0) is 13.8. The predicted molar refractivity (Wildman–Crippen MR) is 73.0 cm³/mol. The van der Waals surface area contributed by atoms with E-state index in [0.29, 0.717) is 29.6 Å². The van der Waals surface area contributed by atoms with Crippen LogP contribution in [0.25, 0.3) is 0 Å². The van der Waals surface area contributed by atoms with Crippen LogP contribution in [0.3, 0.4) is 0 Å². The van der Waals surface area contributed by atoms with Crippen LogP contribution in [0, 0.1) is 13.8 Å². The number of carbonyl (C=O) groups excluding carboxylic acids is 1. The van der Waals surface area contributed by atoms with Crippen LogP contribution in [-0.4, -0.2) is 10.9 Å². The molecule has 1 N–H and O–H groups in total. The Morgan fingerprint density at radius 2 is 2.21 bits per heavy atom. The van der Waals surface area contributed by atoms with Crippen molar-refractivity contribution < 1.29 is 9.21 Å². The zero-order valence-electron chi connectivity index (χ0n) is 10.9. The van der Waals surface area contributed by atoms with Gasteiger partial charge in [0.2, 0.25) is 5.91 Å². The van der Waals surface area contributed by atoms with E-state index in [1.807, 2.05) is 19.1 Å². The van der Waals surface area contributed by atoms with E-state index >= 15 is 0 Å². The summed E-state index contributed by atoms with van der Waals surface area (Å²) < 4.78 is 5.39. The molecular weight excluding hydrogens is 264 g/mol. The van der Waals surface area contributed by atoms with E-state index in [1.54, 1.807) is 19.1 Å². The van der Waals surface area contributed by atoms with Crippen molar-refractivity contribution in [2.45, 2.75) is 26.8 Å². The van der Waals surface area contributed by atoms with Crippen LogP contribution in [0.15, 0.2) is 28.7 Å². The first-order chi connectivity index (χ1) is 9.04. The quantitative estimate of drug-likeness (QED) is 0.936. The maximum Gasteiger partial charge on any atom is 0.224 e. The number of oxazole rings is 1. The molecule has 5 heteroatoms. The van der Waals surface area contributed by atoms with Crippen molar-refractivity contribution in [2.75, 3.05) is 0 Å². The number of rotatable bonds is 4. The van der Waals surface area contributed by atoms with Gasteiger partial charge in [0.05, 0.1) is 18.7 Å². The van der Waals surface area contributed by atoms with E-state index in [4.69, 9.17) is 16.0 Å². The van der Waals surface area contributed by atoms with Gasteiger partial charge in [0, 0.05) is 11.9 Å². The van der Waals surface area contributed by atoms with Crippen LogP contribution >= 0.6 is 11.6 Å². The summed E-state index contributed by atoms with van der Waals surface area (Å²) >= 11 is 5.87. The topological polar surface area (TPSA) is 55.1 Å². The van der Waals surface area contributed by atoms with Crippen LogP contribution in [0.2, 0.25) is 5.02 Å². The predicted octanol–water partition coefficient (Wildman–Crippen LogP) is 2.80. The van der Waals surface area contributed by atoms with Gasteiger partial charge in [-0.1, -0.05) is 23.7 Å². The van der Waals surface area contributed by atoms with Crippen molar-refractivity contribution >= 4 is 17.5 Å². The van der Waals surface area contributed by atoms with Crippen molar-refractivity contribution in [2.24, 2.45) is 0 Å². The first-order valence-corrected chi connectivity index (χ1v) is 6.36. The van der Waals surface area contributed by atoms with Gasteiger partial charge >= 0.3 is 0 Å². The Morgan fingerprint density at radius 1 is 1.42 bits per heavy atom. The van der Waals surface area contributed by atoms with E-state index in [9.17, 15) is 4.79 Å². The van der Waals surface area contributed by atoms with E-state index in [-0.39, 0.29) is 5.91 Å². The third-order valence-electron chi connectivity index (χ3n) is 2.70. The monoisotopic (exact) mass is 278 g/mol. The number of nitrogens with one attached hydrogen (secondary N) is 1. The van der Waals surface area contributed by atoms with Gasteiger partial charge in [-0.05, 0) is 24.6 Å². The molecule has 0 spiro atoms. The SMILES string of the molecule is Cc1nc(C)c(CNC(=O)Cc2cccc(Cl)c2)o1. The van der Waals surface area contributed by atoms with Gasteiger partial charge in [-0.3, -0.25) is 4.79 Å². The smallest absolute Gasteiger partial charge is 0.224 e. The first-order valence-electron chi connectivity index (χ1n) is 5.98. The maximum atomic E-state index is 11.8. The largest absolute Gasteiger partial charge is 0.444 e. The molecule has 0 bridgehead atoms. The molecule has 2 rings (SSSR count). The average Bonchev–Trinajstić information content (AvgIpc) is 2.65. The van der Waals surface area contributed by atoms with E-state index in [2.05, 4.69) is 10.3 Å². The molecule has 0 aliphatic carbocycles. The number of carbonyl (C=O) groups is 1. The molecular formula is C14H15ClN2O2. The van der Waals surface area contributed by atoms with E-state index in [0.717, 1.165) is 11.3 Å². The lowest BCUT2D eigenvalue weighted by molar-refractivity contribution is -0.120. The highest BCUT2D eigenvalue weighted by Crippen LogP contribution is 2.12. The Morgan fingerprint density at radius 3 is 2.84 bits per heavy atom. The minimum atomic E-state index is -0.0734. The normalized spacial score (nSPS) is 10.5. The van der Waals surface area contributed by atoms with Gasteiger partial charge in [0.25, 0.3) is 0 Å². The van der Waals surface area contributed by atoms with E-state index < -0.39 is 0 Å². The summed E-state index contributed by atoms with van der Waals surface area (Å²) in [6.07, 6.45) is 0.298. The van der Waals surface area contributed by atoms with Gasteiger partial charge in [0.1, 0.15) is 5.76 Å². The second kappa shape index (κ2) is 5.89. The van der Waals surface area contributed by atoms with Crippen LogP contribution in [0.1, 0.15) is 22.9 Å². The van der Waals surface area contributed by atoms with Crippen LogP contribution < -0.4 is 5.32 Å². The molecule has 19 heavy (non-hydrogen) atoms. The molecule has 0 aliphatic heterocycles. The lowest BCUT2D eigenvalue weighted by Gasteiger charge is -2.04. The Balaban J connectivity index is 1.90. The maximum absolute atomic E-state index is 11.8. The third-order valence-corrected chi connectivity index (χ3v) is 2.93. The summed E-state index contributed by atoms with van der Waals surface area (Å²) in [5.74, 6) is 1.23. The summed E-state index contributed by atoms with van der Waals surface area (Å²) in [6.45, 7) is 3.99. The number of amides is 1. The summed E-state index contributed by atoms with van der Waals surface area (Å²) in [5.41, 5.74) is 1.69. The number of hydrogen-bond donors (Lipinski definition) is 1. The standard InChI is InChI=1S/C14H15ClN2O2/c1-9-13(19-10(2)17-9)8-16-14(18)7-11-4-3-5-12(15)6-11/h3-6H,7-8H2,1-2H3,(H,16,18). The summed E-state index contributed by atoms with van der Waals surface area (Å²) in [6, 6.07) is 7.26. The second-order valence-corrected chi connectivity index (χ2v) is 4.76. The Kier molecular flexibility index (Phi) is 4.22. The molecule has 1 aromatic heterocycles. The van der Waals surface area contributed by atoms with Gasteiger partial charge in [0.15, 0.2) is 5.89 Å². The van der Waals surface area contributed by atoms with E-state index in [1.165, 1.54) is 0 Å². The molecule has 0 saturated heterocycles. The van der Waals surface area contributed by atoms with Crippen LogP contribution in [0.5, 0.6) is 0 Å². The van der Waals surface area contributed by atoms with Crippen LogP contribution in [-0.2, 0) is 17.8 Å². The fourth-order valence-corrected chi connectivity index (χ4v) is 2.02. The fraction of sp³-hybridized carbons (Fsp3) is 0.286. The van der Waals surface area contributed by atoms with Crippen LogP contribution in [0.4, 0.5) is 0 Å². The highest BCUT2D eigenvalue weighted by atomic mass is 35.5. The van der Waals surface area contributed by atoms with Crippen molar-refractivity contribution in [1.29, 1.82) is 0 Å². The molecule has 1 aromatic carbocycles. The molecule has 0 aliphatic rings. The average molecular weight is 279 g/mol. The molecule has 100 valence electrons. The Labute approximate surface area is 116 Å². The molecule has 0 fully saturated rings. The molecule has 1 amide bonds. The van der Waals surface area contributed by atoms with Gasteiger partial charge in [-0.25, -0.2) is 4.98 Å². The molecule has 4 nitrogen and oxygen atoms in total.